The van der Waals surface area contributed by atoms with Gasteiger partial charge in [0.05, 0.1) is 22.6 Å². The fourth-order valence-electron chi connectivity index (χ4n) is 1.73. The van der Waals surface area contributed by atoms with E-state index in [1.54, 1.807) is 19.9 Å². The molecular formula is C13H17ClN4O2S. The summed E-state index contributed by atoms with van der Waals surface area (Å²) in [7, 11) is -3.03. The van der Waals surface area contributed by atoms with Gasteiger partial charge < -0.3 is 0 Å². The van der Waals surface area contributed by atoms with E-state index in [2.05, 4.69) is 15.4 Å². The molecule has 0 aliphatic heterocycles. The van der Waals surface area contributed by atoms with Crippen molar-refractivity contribution < 1.29 is 8.42 Å². The molecule has 8 heteroatoms. The second-order valence-electron chi connectivity index (χ2n) is 4.96. The average Bonchev–Trinajstić information content (AvgIpc) is 2.87. The molecule has 0 aliphatic carbocycles. The molecule has 1 heterocycles. The van der Waals surface area contributed by atoms with E-state index >= 15 is 0 Å². The van der Waals surface area contributed by atoms with Crippen LogP contribution in [0.2, 0.25) is 5.02 Å². The van der Waals surface area contributed by atoms with Crippen LogP contribution in [0.4, 0.5) is 0 Å². The predicted octanol–water partition coefficient (Wildman–Crippen LogP) is 2.21. The first-order chi connectivity index (χ1) is 9.90. The van der Waals surface area contributed by atoms with E-state index in [1.807, 2.05) is 18.2 Å². The number of aryl methyl sites for hydroxylation is 1. The molecule has 21 heavy (non-hydrogen) atoms. The highest BCUT2D eigenvalue weighted by Gasteiger charge is 2.16. The lowest BCUT2D eigenvalue weighted by Gasteiger charge is -2.06. The van der Waals surface area contributed by atoms with Gasteiger partial charge in [-0.1, -0.05) is 23.7 Å². The van der Waals surface area contributed by atoms with Crippen LogP contribution in [0, 0.1) is 0 Å². The molecule has 1 aromatic carbocycles. The SMILES string of the molecule is CC(C)S(=O)(=O)CCCn1nnc(-c2ccccc2Cl)n1. The number of hydrogen-bond donors (Lipinski definition) is 0. The first-order valence-electron chi connectivity index (χ1n) is 6.64. The van der Waals surface area contributed by atoms with Crippen LogP contribution in [0.3, 0.4) is 0 Å². The predicted molar refractivity (Wildman–Crippen MR) is 81.8 cm³/mol. The highest BCUT2D eigenvalue weighted by molar-refractivity contribution is 7.91. The van der Waals surface area contributed by atoms with Crippen molar-refractivity contribution >= 4 is 21.4 Å². The summed E-state index contributed by atoms with van der Waals surface area (Å²) in [5.74, 6) is 0.556. The molecule has 114 valence electrons. The first-order valence-corrected chi connectivity index (χ1v) is 8.74. The van der Waals surface area contributed by atoms with Crippen molar-refractivity contribution in [1.29, 1.82) is 0 Å². The maximum atomic E-state index is 11.7. The molecular weight excluding hydrogens is 312 g/mol. The average molecular weight is 329 g/mol. The molecule has 0 fully saturated rings. The van der Waals surface area contributed by atoms with Crippen molar-refractivity contribution in [3.63, 3.8) is 0 Å². The topological polar surface area (TPSA) is 77.7 Å². The minimum Gasteiger partial charge on any atom is -0.229 e. The zero-order valence-electron chi connectivity index (χ0n) is 11.9. The monoisotopic (exact) mass is 328 g/mol. The van der Waals surface area contributed by atoms with Crippen LogP contribution in [0.25, 0.3) is 11.4 Å². The van der Waals surface area contributed by atoms with E-state index in [4.69, 9.17) is 11.6 Å². The summed E-state index contributed by atoms with van der Waals surface area (Å²) in [6.07, 6.45) is 0.457. The second kappa shape index (κ2) is 6.53. The van der Waals surface area contributed by atoms with E-state index < -0.39 is 9.84 Å². The summed E-state index contributed by atoms with van der Waals surface area (Å²) in [5.41, 5.74) is 0.709. The smallest absolute Gasteiger partial charge is 0.206 e. The van der Waals surface area contributed by atoms with Gasteiger partial charge in [0.25, 0.3) is 0 Å². The Morgan fingerprint density at radius 1 is 1.29 bits per heavy atom. The number of hydrogen-bond acceptors (Lipinski definition) is 5. The summed E-state index contributed by atoms with van der Waals surface area (Å²) in [4.78, 5) is 1.40. The number of sulfone groups is 1. The maximum Gasteiger partial charge on any atom is 0.206 e. The fourth-order valence-corrected chi connectivity index (χ4v) is 2.95. The summed E-state index contributed by atoms with van der Waals surface area (Å²) in [6, 6.07) is 7.24. The van der Waals surface area contributed by atoms with Gasteiger partial charge in [-0.3, -0.25) is 0 Å². The van der Waals surface area contributed by atoms with Crippen molar-refractivity contribution in [3.05, 3.63) is 29.3 Å². The highest BCUT2D eigenvalue weighted by atomic mass is 35.5. The van der Waals surface area contributed by atoms with Gasteiger partial charge in [-0.05, 0) is 37.6 Å². The second-order valence-corrected chi connectivity index (χ2v) is 8.04. The Balaban J connectivity index is 2.00. The molecule has 0 bridgehead atoms. The zero-order valence-corrected chi connectivity index (χ0v) is 13.5. The van der Waals surface area contributed by atoms with Crippen molar-refractivity contribution in [1.82, 2.24) is 20.2 Å². The Morgan fingerprint density at radius 2 is 2.00 bits per heavy atom. The van der Waals surface area contributed by atoms with Crippen LogP contribution >= 0.6 is 11.6 Å². The normalized spacial score (nSPS) is 12.0. The fraction of sp³-hybridized carbons (Fsp3) is 0.462. The third-order valence-corrected chi connectivity index (χ3v) is 5.70. The number of rotatable bonds is 6. The van der Waals surface area contributed by atoms with Gasteiger partial charge in [0.2, 0.25) is 5.82 Å². The lowest BCUT2D eigenvalue weighted by molar-refractivity contribution is 0.510. The number of halogens is 1. The van der Waals surface area contributed by atoms with Gasteiger partial charge in [-0.25, -0.2) is 8.42 Å². The van der Waals surface area contributed by atoms with Gasteiger partial charge in [-0.15, -0.1) is 10.2 Å². The lowest BCUT2D eigenvalue weighted by atomic mass is 10.2. The minimum atomic E-state index is -3.03. The van der Waals surface area contributed by atoms with Crippen LogP contribution in [0.1, 0.15) is 20.3 Å². The van der Waals surface area contributed by atoms with E-state index in [9.17, 15) is 8.42 Å². The molecule has 0 radical (unpaired) electrons. The van der Waals surface area contributed by atoms with Gasteiger partial charge in [0.15, 0.2) is 9.84 Å². The van der Waals surface area contributed by atoms with Crippen LogP contribution in [0.15, 0.2) is 24.3 Å². The van der Waals surface area contributed by atoms with E-state index in [0.717, 1.165) is 0 Å². The van der Waals surface area contributed by atoms with Crippen LogP contribution in [-0.2, 0) is 16.4 Å². The molecule has 2 aromatic rings. The number of tetrazole rings is 1. The van der Waals surface area contributed by atoms with Crippen molar-refractivity contribution in [3.8, 4) is 11.4 Å². The van der Waals surface area contributed by atoms with Crippen LogP contribution in [0.5, 0.6) is 0 Å². The molecule has 6 nitrogen and oxygen atoms in total. The quantitative estimate of drug-likeness (QED) is 0.812. The van der Waals surface area contributed by atoms with Crippen molar-refractivity contribution in [2.24, 2.45) is 0 Å². The number of benzene rings is 1. The summed E-state index contributed by atoms with van der Waals surface area (Å²) >= 11 is 6.07. The largest absolute Gasteiger partial charge is 0.229 e. The zero-order chi connectivity index (χ0) is 15.5. The van der Waals surface area contributed by atoms with E-state index in [1.165, 1.54) is 4.80 Å². The summed E-state index contributed by atoms with van der Waals surface area (Å²) in [5, 5.41) is 12.3. The molecule has 0 saturated heterocycles. The highest BCUT2D eigenvalue weighted by Crippen LogP contribution is 2.23. The van der Waals surface area contributed by atoms with E-state index in [0.29, 0.717) is 29.4 Å². The molecule has 0 aliphatic rings. The van der Waals surface area contributed by atoms with Gasteiger partial charge in [0.1, 0.15) is 0 Å². The molecule has 0 spiro atoms. The Hall–Kier alpha value is -1.47. The first kappa shape index (κ1) is 15.9. The molecule has 0 unspecified atom stereocenters. The third kappa shape index (κ3) is 4.01. The number of aromatic nitrogens is 4. The molecule has 0 saturated carbocycles. The molecule has 0 atom stereocenters. The molecule has 1 aromatic heterocycles. The van der Waals surface area contributed by atoms with Gasteiger partial charge in [0, 0.05) is 5.56 Å². The maximum absolute atomic E-state index is 11.7. The Bertz CT molecular complexity index is 712. The Labute approximate surface area is 129 Å². The summed E-state index contributed by atoms with van der Waals surface area (Å²) in [6.45, 7) is 3.76. The van der Waals surface area contributed by atoms with Crippen molar-refractivity contribution in [2.75, 3.05) is 5.75 Å². The van der Waals surface area contributed by atoms with Gasteiger partial charge in [-0.2, -0.15) is 4.80 Å². The molecule has 0 amide bonds. The molecule has 0 N–H and O–H groups in total. The Kier molecular flexibility index (Phi) is 4.95. The van der Waals surface area contributed by atoms with Crippen molar-refractivity contribution in [2.45, 2.75) is 32.1 Å². The van der Waals surface area contributed by atoms with Crippen LogP contribution < -0.4 is 0 Å². The minimum absolute atomic E-state index is 0.119. The van der Waals surface area contributed by atoms with Crippen LogP contribution in [-0.4, -0.2) is 39.6 Å². The molecule has 2 rings (SSSR count). The third-order valence-electron chi connectivity index (χ3n) is 3.07. The lowest BCUT2D eigenvalue weighted by Crippen LogP contribution is -2.19. The van der Waals surface area contributed by atoms with E-state index in [-0.39, 0.29) is 11.0 Å². The summed E-state index contributed by atoms with van der Waals surface area (Å²) < 4.78 is 23.4. The Morgan fingerprint density at radius 3 is 2.67 bits per heavy atom. The standard InChI is InChI=1S/C13H17ClN4O2S/c1-10(2)21(19,20)9-5-8-18-16-13(15-17-18)11-6-3-4-7-12(11)14/h3-4,6-7,10H,5,8-9H2,1-2H3. The number of nitrogens with zero attached hydrogens (tertiary/aromatic N) is 4. The van der Waals surface area contributed by atoms with Gasteiger partial charge >= 0.3 is 0 Å².